The third-order valence-corrected chi connectivity index (χ3v) is 5.86. The van der Waals surface area contributed by atoms with Gasteiger partial charge in [-0.15, -0.1) is 0 Å². The molecule has 3 heterocycles. The highest BCUT2D eigenvalue weighted by molar-refractivity contribution is 5.98. The molecule has 0 saturated carbocycles. The molecular formula is C26H21N7O2. The Kier molecular flexibility index (Phi) is 5.27. The molecule has 1 N–H and O–H groups in total. The van der Waals surface area contributed by atoms with Gasteiger partial charge in [0, 0.05) is 29.9 Å². The minimum Gasteiger partial charge on any atom is -0.345 e. The summed E-state index contributed by atoms with van der Waals surface area (Å²) in [5.41, 5.74) is 2.17. The third kappa shape index (κ3) is 4.15. The Balaban J connectivity index is 1.22. The molecule has 0 spiro atoms. The summed E-state index contributed by atoms with van der Waals surface area (Å²) in [6.07, 6.45) is 5.43. The molecule has 6 aromatic rings. The summed E-state index contributed by atoms with van der Waals surface area (Å²) < 4.78 is 9.45. The van der Waals surface area contributed by atoms with Crippen LogP contribution in [0.1, 0.15) is 16.2 Å². The minimum atomic E-state index is -0.196. The van der Waals surface area contributed by atoms with E-state index in [-0.39, 0.29) is 12.5 Å². The number of imidazole rings is 1. The van der Waals surface area contributed by atoms with Crippen LogP contribution in [-0.4, -0.2) is 35.4 Å². The highest BCUT2D eigenvalue weighted by Crippen LogP contribution is 2.27. The van der Waals surface area contributed by atoms with Crippen LogP contribution in [-0.2, 0) is 19.6 Å². The zero-order valence-corrected chi connectivity index (χ0v) is 18.7. The van der Waals surface area contributed by atoms with E-state index in [1.807, 2.05) is 82.2 Å². The van der Waals surface area contributed by atoms with E-state index in [0.29, 0.717) is 30.4 Å². The topological polar surface area (TPSA) is 104 Å². The Morgan fingerprint density at radius 2 is 1.83 bits per heavy atom. The van der Waals surface area contributed by atoms with Crippen LogP contribution in [0.15, 0.2) is 90.0 Å². The van der Waals surface area contributed by atoms with Gasteiger partial charge in [-0.3, -0.25) is 9.48 Å². The largest absolute Gasteiger partial charge is 0.345 e. The first-order valence-electron chi connectivity index (χ1n) is 11.3. The van der Waals surface area contributed by atoms with Gasteiger partial charge in [0.25, 0.3) is 11.8 Å². The fraction of sp³-hybridized carbons (Fsp3) is 0.115. The number of rotatable bonds is 7. The molecule has 0 aliphatic heterocycles. The van der Waals surface area contributed by atoms with Crippen molar-refractivity contribution in [2.75, 3.05) is 0 Å². The summed E-state index contributed by atoms with van der Waals surface area (Å²) in [4.78, 5) is 21.3. The Labute approximate surface area is 200 Å². The second-order valence-electron chi connectivity index (χ2n) is 8.15. The Hall–Kier alpha value is -4.79. The number of benzene rings is 3. The molecule has 172 valence electrons. The first-order valence-corrected chi connectivity index (χ1v) is 11.3. The molecule has 3 aromatic carbocycles. The van der Waals surface area contributed by atoms with Crippen molar-refractivity contribution in [2.24, 2.45) is 0 Å². The average molecular weight is 464 g/mol. The normalized spacial score (nSPS) is 11.3. The van der Waals surface area contributed by atoms with Crippen molar-refractivity contribution in [1.29, 1.82) is 0 Å². The molecule has 0 aliphatic rings. The van der Waals surface area contributed by atoms with E-state index in [9.17, 15) is 4.79 Å². The van der Waals surface area contributed by atoms with Gasteiger partial charge in [0.05, 0.1) is 24.9 Å². The predicted molar refractivity (Wildman–Crippen MR) is 130 cm³/mol. The van der Waals surface area contributed by atoms with Crippen molar-refractivity contribution in [3.63, 3.8) is 0 Å². The second-order valence-corrected chi connectivity index (χ2v) is 8.15. The van der Waals surface area contributed by atoms with Crippen LogP contribution in [0.2, 0.25) is 0 Å². The van der Waals surface area contributed by atoms with Crippen molar-refractivity contribution in [3.05, 3.63) is 96.8 Å². The SMILES string of the molecule is O=C(NCc1noc(-c2c3ccccc3nn2CCn2ccnc2)n1)c1ccc2ccccc2c1. The second kappa shape index (κ2) is 8.86. The lowest BCUT2D eigenvalue weighted by atomic mass is 10.1. The van der Waals surface area contributed by atoms with Crippen molar-refractivity contribution < 1.29 is 9.32 Å². The molecule has 0 saturated heterocycles. The Bertz CT molecular complexity index is 1630. The summed E-state index contributed by atoms with van der Waals surface area (Å²) in [7, 11) is 0. The number of carbonyl (C=O) groups excluding carboxylic acids is 1. The van der Waals surface area contributed by atoms with E-state index in [1.165, 1.54) is 0 Å². The first kappa shape index (κ1) is 20.8. The summed E-state index contributed by atoms with van der Waals surface area (Å²) in [6.45, 7) is 1.46. The van der Waals surface area contributed by atoms with Gasteiger partial charge in [-0.05, 0) is 29.0 Å². The van der Waals surface area contributed by atoms with E-state index in [0.717, 1.165) is 27.4 Å². The molecular weight excluding hydrogens is 442 g/mol. The lowest BCUT2D eigenvalue weighted by Gasteiger charge is -2.05. The van der Waals surface area contributed by atoms with Crippen LogP contribution < -0.4 is 5.32 Å². The van der Waals surface area contributed by atoms with Gasteiger partial charge in [-0.1, -0.05) is 53.7 Å². The number of nitrogens with zero attached hydrogens (tertiary/aromatic N) is 6. The molecule has 1 amide bonds. The Morgan fingerprint density at radius 3 is 2.71 bits per heavy atom. The standard InChI is InChI=1S/C26H21N7O2/c34-25(20-10-9-18-5-1-2-6-19(18)15-20)28-16-23-29-26(35-31-23)24-21-7-3-4-8-22(21)30-33(24)14-13-32-12-11-27-17-32/h1-12,15,17H,13-14,16H2,(H,28,34). The Morgan fingerprint density at radius 1 is 0.971 bits per heavy atom. The molecule has 0 aliphatic carbocycles. The summed E-state index contributed by atoms with van der Waals surface area (Å²) in [5.74, 6) is 0.554. The van der Waals surface area contributed by atoms with Crippen LogP contribution in [0.25, 0.3) is 33.3 Å². The van der Waals surface area contributed by atoms with Crippen molar-refractivity contribution in [2.45, 2.75) is 19.6 Å². The minimum absolute atomic E-state index is 0.149. The van der Waals surface area contributed by atoms with E-state index in [2.05, 4.69) is 20.4 Å². The highest BCUT2D eigenvalue weighted by Gasteiger charge is 2.19. The van der Waals surface area contributed by atoms with Crippen LogP contribution >= 0.6 is 0 Å². The smallest absolute Gasteiger partial charge is 0.276 e. The zero-order chi connectivity index (χ0) is 23.6. The fourth-order valence-corrected chi connectivity index (χ4v) is 4.11. The maximum absolute atomic E-state index is 12.7. The van der Waals surface area contributed by atoms with Crippen LogP contribution in [0, 0.1) is 0 Å². The summed E-state index contributed by atoms with van der Waals surface area (Å²) >= 11 is 0. The predicted octanol–water partition coefficient (Wildman–Crippen LogP) is 4.07. The average Bonchev–Trinajstić information content (AvgIpc) is 3.65. The zero-order valence-electron chi connectivity index (χ0n) is 18.7. The molecule has 0 bridgehead atoms. The van der Waals surface area contributed by atoms with E-state index < -0.39 is 0 Å². The lowest BCUT2D eigenvalue weighted by Crippen LogP contribution is -2.23. The van der Waals surface area contributed by atoms with Crippen LogP contribution in [0.4, 0.5) is 0 Å². The van der Waals surface area contributed by atoms with Gasteiger partial charge in [0.1, 0.15) is 5.69 Å². The molecule has 0 unspecified atom stereocenters. The molecule has 9 heteroatoms. The van der Waals surface area contributed by atoms with Crippen LogP contribution in [0.5, 0.6) is 0 Å². The van der Waals surface area contributed by atoms with Gasteiger partial charge in [0.2, 0.25) is 0 Å². The summed E-state index contributed by atoms with van der Waals surface area (Å²) in [6, 6.07) is 21.4. The van der Waals surface area contributed by atoms with E-state index in [1.54, 1.807) is 12.5 Å². The maximum Gasteiger partial charge on any atom is 0.276 e. The number of fused-ring (bicyclic) bond motifs is 2. The number of aromatic nitrogens is 6. The fourth-order valence-electron chi connectivity index (χ4n) is 4.11. The lowest BCUT2D eigenvalue weighted by molar-refractivity contribution is 0.0949. The molecule has 3 aromatic heterocycles. The van der Waals surface area contributed by atoms with Gasteiger partial charge in [0.15, 0.2) is 5.82 Å². The van der Waals surface area contributed by atoms with E-state index >= 15 is 0 Å². The number of carbonyl (C=O) groups is 1. The van der Waals surface area contributed by atoms with Crippen molar-refractivity contribution >= 4 is 27.6 Å². The quantitative estimate of drug-likeness (QED) is 0.383. The van der Waals surface area contributed by atoms with Gasteiger partial charge < -0.3 is 14.4 Å². The number of amides is 1. The maximum atomic E-state index is 12.7. The van der Waals surface area contributed by atoms with Gasteiger partial charge in [-0.25, -0.2) is 4.98 Å². The molecule has 0 radical (unpaired) electrons. The number of hydrogen-bond acceptors (Lipinski definition) is 6. The highest BCUT2D eigenvalue weighted by atomic mass is 16.5. The third-order valence-electron chi connectivity index (χ3n) is 5.86. The molecule has 35 heavy (non-hydrogen) atoms. The molecule has 9 nitrogen and oxygen atoms in total. The van der Waals surface area contributed by atoms with Crippen molar-refractivity contribution in [1.82, 2.24) is 34.8 Å². The number of nitrogens with one attached hydrogen (secondary N) is 1. The molecule has 0 fully saturated rings. The number of aryl methyl sites for hydroxylation is 2. The summed E-state index contributed by atoms with van der Waals surface area (Å²) in [5, 5.41) is 14.7. The van der Waals surface area contributed by atoms with Gasteiger partial charge in [-0.2, -0.15) is 10.1 Å². The van der Waals surface area contributed by atoms with Crippen molar-refractivity contribution in [3.8, 4) is 11.6 Å². The van der Waals surface area contributed by atoms with Crippen LogP contribution in [0.3, 0.4) is 0 Å². The first-order chi connectivity index (χ1) is 17.2. The van der Waals surface area contributed by atoms with E-state index in [4.69, 9.17) is 9.62 Å². The van der Waals surface area contributed by atoms with Gasteiger partial charge >= 0.3 is 0 Å². The molecule has 6 rings (SSSR count). The monoisotopic (exact) mass is 463 g/mol. The molecule has 0 atom stereocenters. The number of hydrogen-bond donors (Lipinski definition) is 1.